The summed E-state index contributed by atoms with van der Waals surface area (Å²) >= 11 is 0. The zero-order valence-corrected chi connectivity index (χ0v) is 15.0. The first kappa shape index (κ1) is 17.1. The lowest BCUT2D eigenvalue weighted by Crippen LogP contribution is -2.08. The monoisotopic (exact) mass is 338 g/mol. The highest BCUT2D eigenvalue weighted by Crippen LogP contribution is 2.30. The van der Waals surface area contributed by atoms with Crippen LogP contribution >= 0.6 is 0 Å². The number of benzene rings is 2. The zero-order valence-electron chi connectivity index (χ0n) is 15.0. The van der Waals surface area contributed by atoms with E-state index in [1.807, 2.05) is 31.2 Å². The van der Waals surface area contributed by atoms with Crippen LogP contribution in [-0.2, 0) is 6.42 Å². The fourth-order valence-electron chi connectivity index (χ4n) is 2.94. The van der Waals surface area contributed by atoms with Gasteiger partial charge in [0.05, 0.1) is 12.5 Å². The molecule has 0 unspecified atom stereocenters. The topological polar surface area (TPSA) is 48.7 Å². The van der Waals surface area contributed by atoms with Crippen LogP contribution in [0.4, 0.5) is 0 Å². The van der Waals surface area contributed by atoms with Crippen molar-refractivity contribution in [2.45, 2.75) is 33.6 Å². The Morgan fingerprint density at radius 1 is 1.04 bits per heavy atom. The summed E-state index contributed by atoms with van der Waals surface area (Å²) in [5, 5.41) is 0.488. The van der Waals surface area contributed by atoms with Crippen LogP contribution in [0.3, 0.4) is 0 Å². The third kappa shape index (κ3) is 3.25. The largest absolute Gasteiger partial charge is 0.496 e. The Labute approximate surface area is 147 Å². The molecule has 0 bridgehead atoms. The van der Waals surface area contributed by atoms with Crippen LogP contribution in [0.25, 0.3) is 11.0 Å². The molecule has 0 amide bonds. The number of hydrogen-bond donors (Lipinski definition) is 0. The molecule has 130 valence electrons. The maximum absolute atomic E-state index is 12.8. The van der Waals surface area contributed by atoms with E-state index in [0.717, 1.165) is 18.4 Å². The van der Waals surface area contributed by atoms with E-state index < -0.39 is 0 Å². The van der Waals surface area contributed by atoms with E-state index in [1.165, 1.54) is 5.56 Å². The van der Waals surface area contributed by atoms with Gasteiger partial charge in [-0.3, -0.25) is 4.79 Å². The van der Waals surface area contributed by atoms with E-state index in [0.29, 0.717) is 28.2 Å². The summed E-state index contributed by atoms with van der Waals surface area (Å²) in [5.41, 5.74) is 2.41. The van der Waals surface area contributed by atoms with Crippen molar-refractivity contribution in [2.75, 3.05) is 7.11 Å². The van der Waals surface area contributed by atoms with Crippen LogP contribution in [0.15, 0.2) is 45.6 Å². The SMILES string of the molecule is CCCc1ccc(Oc2c(C)oc3c(C)c(OC)ccc3c2=O)cc1. The van der Waals surface area contributed by atoms with Crippen molar-refractivity contribution in [3.8, 4) is 17.2 Å². The minimum Gasteiger partial charge on any atom is -0.496 e. The van der Waals surface area contributed by atoms with Crippen molar-refractivity contribution in [2.24, 2.45) is 0 Å². The maximum atomic E-state index is 12.8. The zero-order chi connectivity index (χ0) is 18.0. The van der Waals surface area contributed by atoms with E-state index >= 15 is 0 Å². The number of rotatable bonds is 5. The van der Waals surface area contributed by atoms with Crippen molar-refractivity contribution in [1.82, 2.24) is 0 Å². The summed E-state index contributed by atoms with van der Waals surface area (Å²) in [7, 11) is 1.60. The molecule has 0 atom stereocenters. The fourth-order valence-corrected chi connectivity index (χ4v) is 2.94. The van der Waals surface area contributed by atoms with Crippen molar-refractivity contribution in [3.05, 3.63) is 63.5 Å². The molecule has 1 aromatic heterocycles. The van der Waals surface area contributed by atoms with Crippen molar-refractivity contribution >= 4 is 11.0 Å². The molecule has 1 heterocycles. The molecule has 0 aliphatic carbocycles. The Bertz CT molecular complexity index is 952. The standard InChI is InChI=1S/C21H22O4/c1-5-6-15-7-9-16(10-8-15)25-21-14(3)24-20-13(2)18(23-4)12-11-17(20)19(21)22/h7-12H,5-6H2,1-4H3. The second-order valence-electron chi connectivity index (χ2n) is 6.08. The number of ether oxygens (including phenoxy) is 2. The Morgan fingerprint density at radius 3 is 2.40 bits per heavy atom. The third-order valence-electron chi connectivity index (χ3n) is 4.28. The van der Waals surface area contributed by atoms with E-state index in [4.69, 9.17) is 13.9 Å². The molecular weight excluding hydrogens is 316 g/mol. The molecule has 3 rings (SSSR count). The van der Waals surface area contributed by atoms with E-state index in [1.54, 1.807) is 26.2 Å². The quantitative estimate of drug-likeness (QED) is 0.644. The first-order valence-corrected chi connectivity index (χ1v) is 8.43. The van der Waals surface area contributed by atoms with Crippen LogP contribution in [-0.4, -0.2) is 7.11 Å². The number of methoxy groups -OCH3 is 1. The maximum Gasteiger partial charge on any atom is 0.235 e. The van der Waals surface area contributed by atoms with Crippen LogP contribution in [0.5, 0.6) is 17.2 Å². The van der Waals surface area contributed by atoms with Gasteiger partial charge in [-0.15, -0.1) is 0 Å². The van der Waals surface area contributed by atoms with Gasteiger partial charge in [0.25, 0.3) is 0 Å². The van der Waals surface area contributed by atoms with Gasteiger partial charge in [-0.2, -0.15) is 0 Å². The minimum atomic E-state index is -0.179. The second kappa shape index (κ2) is 7.01. The van der Waals surface area contributed by atoms with Gasteiger partial charge >= 0.3 is 0 Å². The Balaban J connectivity index is 2.03. The lowest BCUT2D eigenvalue weighted by Gasteiger charge is -2.12. The summed E-state index contributed by atoms with van der Waals surface area (Å²) in [6.45, 7) is 5.75. The predicted octanol–water partition coefficient (Wildman–Crippen LogP) is 5.16. The minimum absolute atomic E-state index is 0.179. The Kier molecular flexibility index (Phi) is 4.79. The Morgan fingerprint density at radius 2 is 1.76 bits per heavy atom. The van der Waals surface area contributed by atoms with Crippen molar-refractivity contribution in [3.63, 3.8) is 0 Å². The number of hydrogen-bond acceptors (Lipinski definition) is 4. The summed E-state index contributed by atoms with van der Waals surface area (Å²) < 4.78 is 17.0. The lowest BCUT2D eigenvalue weighted by molar-refractivity contribution is 0.409. The van der Waals surface area contributed by atoms with E-state index in [-0.39, 0.29) is 11.2 Å². The molecule has 0 saturated carbocycles. The lowest BCUT2D eigenvalue weighted by atomic mass is 10.1. The van der Waals surface area contributed by atoms with Crippen LogP contribution in [0.2, 0.25) is 0 Å². The first-order valence-electron chi connectivity index (χ1n) is 8.43. The van der Waals surface area contributed by atoms with Gasteiger partial charge in [0.1, 0.15) is 22.8 Å². The molecule has 0 spiro atoms. The highest BCUT2D eigenvalue weighted by molar-refractivity contribution is 5.83. The molecule has 0 aliphatic heterocycles. The smallest absolute Gasteiger partial charge is 0.235 e. The predicted molar refractivity (Wildman–Crippen MR) is 99.0 cm³/mol. The molecule has 4 heteroatoms. The van der Waals surface area contributed by atoms with Gasteiger partial charge in [0.15, 0.2) is 0 Å². The highest BCUT2D eigenvalue weighted by Gasteiger charge is 2.16. The van der Waals surface area contributed by atoms with Gasteiger partial charge in [0.2, 0.25) is 11.2 Å². The molecule has 0 saturated heterocycles. The molecule has 2 aromatic carbocycles. The first-order chi connectivity index (χ1) is 12.0. The van der Waals surface area contributed by atoms with Gasteiger partial charge in [-0.25, -0.2) is 0 Å². The summed E-state index contributed by atoms with van der Waals surface area (Å²) in [6, 6.07) is 11.3. The third-order valence-corrected chi connectivity index (χ3v) is 4.28. The molecule has 4 nitrogen and oxygen atoms in total. The molecule has 25 heavy (non-hydrogen) atoms. The summed E-state index contributed by atoms with van der Waals surface area (Å²) in [4.78, 5) is 12.8. The van der Waals surface area contributed by atoms with E-state index in [2.05, 4.69) is 6.92 Å². The van der Waals surface area contributed by atoms with Crippen molar-refractivity contribution < 1.29 is 13.9 Å². The molecule has 0 fully saturated rings. The molecule has 0 radical (unpaired) electrons. The molecule has 3 aromatic rings. The summed E-state index contributed by atoms with van der Waals surface area (Å²) in [5.74, 6) is 1.99. The highest BCUT2D eigenvalue weighted by atomic mass is 16.5. The number of fused-ring (bicyclic) bond motifs is 1. The number of aryl methyl sites for hydroxylation is 3. The molecule has 0 N–H and O–H groups in total. The molecular formula is C21H22O4. The fraction of sp³-hybridized carbons (Fsp3) is 0.286. The van der Waals surface area contributed by atoms with Crippen LogP contribution < -0.4 is 14.9 Å². The van der Waals surface area contributed by atoms with Gasteiger partial charge < -0.3 is 13.9 Å². The van der Waals surface area contributed by atoms with Gasteiger partial charge in [-0.05, 0) is 50.1 Å². The van der Waals surface area contributed by atoms with Gasteiger partial charge in [0, 0.05) is 5.56 Å². The summed E-state index contributed by atoms with van der Waals surface area (Å²) in [6.07, 6.45) is 2.12. The van der Waals surface area contributed by atoms with Crippen molar-refractivity contribution in [1.29, 1.82) is 0 Å². The van der Waals surface area contributed by atoms with Crippen LogP contribution in [0, 0.1) is 13.8 Å². The average molecular weight is 338 g/mol. The average Bonchev–Trinajstić information content (AvgIpc) is 2.61. The van der Waals surface area contributed by atoms with Crippen LogP contribution in [0.1, 0.15) is 30.2 Å². The Hall–Kier alpha value is -2.75. The normalized spacial score (nSPS) is 10.9. The van der Waals surface area contributed by atoms with Gasteiger partial charge in [-0.1, -0.05) is 25.5 Å². The van der Waals surface area contributed by atoms with E-state index in [9.17, 15) is 4.79 Å². The molecule has 0 aliphatic rings. The second-order valence-corrected chi connectivity index (χ2v) is 6.08.